The zero-order chi connectivity index (χ0) is 17.1. The molecule has 7 nitrogen and oxygen atoms in total. The van der Waals surface area contributed by atoms with Crippen LogP contribution in [-0.4, -0.2) is 58.4 Å². The molecule has 3 heterocycles. The molecule has 0 unspecified atom stereocenters. The Hall–Kier alpha value is -2.22. The van der Waals surface area contributed by atoms with Crippen molar-refractivity contribution in [1.82, 2.24) is 19.9 Å². The Morgan fingerprint density at radius 3 is 2.92 bits per heavy atom. The van der Waals surface area contributed by atoms with Crippen LogP contribution >= 0.6 is 11.3 Å². The van der Waals surface area contributed by atoms with E-state index in [2.05, 4.69) is 10.1 Å². The first kappa shape index (κ1) is 16.6. The van der Waals surface area contributed by atoms with Gasteiger partial charge in [-0.3, -0.25) is 9.59 Å². The number of likely N-dealkylation sites (N-methyl/N-ethyl adjacent to an activating group) is 1. The fourth-order valence-corrected chi connectivity index (χ4v) is 3.17. The standard InChI is InChI=1S/C16H20N4O3S/c1-11(21)19(2)6-5-14-17-16(23-18-14)12-9-20(10-12)15(22)8-13-4-3-7-24-13/h3-4,7,12H,5-6,8-10H2,1-2H3. The molecular formula is C16H20N4O3S. The fourth-order valence-electron chi connectivity index (χ4n) is 2.47. The molecule has 1 aliphatic rings. The number of carbonyl (C=O) groups excluding carboxylic acids is 2. The number of nitrogens with zero attached hydrogens (tertiary/aromatic N) is 4. The zero-order valence-corrected chi connectivity index (χ0v) is 14.6. The molecule has 0 atom stereocenters. The minimum Gasteiger partial charge on any atom is -0.346 e. The van der Waals surface area contributed by atoms with E-state index in [1.165, 1.54) is 6.92 Å². The smallest absolute Gasteiger partial charge is 0.233 e. The van der Waals surface area contributed by atoms with E-state index < -0.39 is 0 Å². The van der Waals surface area contributed by atoms with Crippen molar-refractivity contribution in [2.45, 2.75) is 25.7 Å². The van der Waals surface area contributed by atoms with Crippen LogP contribution in [0.1, 0.15) is 29.4 Å². The molecule has 0 saturated carbocycles. The minimum atomic E-state index is 0.0117. The third-order valence-electron chi connectivity index (χ3n) is 4.18. The molecule has 0 N–H and O–H groups in total. The summed E-state index contributed by atoms with van der Waals surface area (Å²) in [5.74, 6) is 1.44. The lowest BCUT2D eigenvalue weighted by atomic mass is 9.99. The van der Waals surface area contributed by atoms with Crippen LogP contribution in [0.4, 0.5) is 0 Å². The van der Waals surface area contributed by atoms with Gasteiger partial charge in [0, 0.05) is 44.9 Å². The van der Waals surface area contributed by atoms with Gasteiger partial charge < -0.3 is 14.3 Å². The third kappa shape index (κ3) is 3.81. The Balaban J connectivity index is 1.46. The van der Waals surface area contributed by atoms with Crippen molar-refractivity contribution in [3.05, 3.63) is 34.1 Å². The summed E-state index contributed by atoms with van der Waals surface area (Å²) in [6, 6.07) is 3.93. The van der Waals surface area contributed by atoms with Gasteiger partial charge in [-0.15, -0.1) is 11.3 Å². The molecule has 0 aliphatic carbocycles. The van der Waals surface area contributed by atoms with Crippen LogP contribution < -0.4 is 0 Å². The number of aromatic nitrogens is 2. The van der Waals surface area contributed by atoms with Gasteiger partial charge >= 0.3 is 0 Å². The summed E-state index contributed by atoms with van der Waals surface area (Å²) >= 11 is 1.60. The van der Waals surface area contributed by atoms with E-state index in [1.54, 1.807) is 23.3 Å². The SMILES string of the molecule is CC(=O)N(C)CCc1noc(C2CN(C(=O)Cc3cccs3)C2)n1. The van der Waals surface area contributed by atoms with Crippen LogP contribution in [0.2, 0.25) is 0 Å². The molecule has 3 rings (SSSR count). The largest absolute Gasteiger partial charge is 0.346 e. The van der Waals surface area contributed by atoms with Gasteiger partial charge in [-0.1, -0.05) is 11.2 Å². The number of carbonyl (C=O) groups is 2. The molecule has 1 saturated heterocycles. The van der Waals surface area contributed by atoms with Gasteiger partial charge in [0.2, 0.25) is 17.7 Å². The molecule has 0 bridgehead atoms. The monoisotopic (exact) mass is 348 g/mol. The Labute approximate surface area is 144 Å². The second-order valence-corrected chi connectivity index (χ2v) is 7.02. The van der Waals surface area contributed by atoms with Gasteiger partial charge in [0.15, 0.2) is 5.82 Å². The molecule has 0 spiro atoms. The molecule has 2 amide bonds. The van der Waals surface area contributed by atoms with E-state index >= 15 is 0 Å². The Kier molecular flexibility index (Phi) is 4.94. The molecule has 1 aliphatic heterocycles. The van der Waals surface area contributed by atoms with Gasteiger partial charge in [0.1, 0.15) is 0 Å². The fraction of sp³-hybridized carbons (Fsp3) is 0.500. The molecule has 1 fully saturated rings. The van der Waals surface area contributed by atoms with E-state index in [0.29, 0.717) is 44.2 Å². The summed E-state index contributed by atoms with van der Waals surface area (Å²) in [5, 5.41) is 5.93. The van der Waals surface area contributed by atoms with Crippen LogP contribution in [-0.2, 0) is 22.4 Å². The molecule has 128 valence electrons. The van der Waals surface area contributed by atoms with E-state index in [1.807, 2.05) is 22.4 Å². The number of hydrogen-bond acceptors (Lipinski definition) is 6. The van der Waals surface area contributed by atoms with Gasteiger partial charge in [0.25, 0.3) is 0 Å². The average Bonchev–Trinajstić information content (AvgIpc) is 3.15. The summed E-state index contributed by atoms with van der Waals surface area (Å²) in [6.07, 6.45) is 1.02. The maximum atomic E-state index is 12.1. The highest BCUT2D eigenvalue weighted by atomic mass is 32.1. The van der Waals surface area contributed by atoms with Crippen LogP contribution in [0.15, 0.2) is 22.0 Å². The summed E-state index contributed by atoms with van der Waals surface area (Å²) < 4.78 is 5.29. The normalized spacial score (nSPS) is 14.5. The van der Waals surface area contributed by atoms with Crippen LogP contribution in [0.3, 0.4) is 0 Å². The van der Waals surface area contributed by atoms with Gasteiger partial charge in [-0.05, 0) is 11.4 Å². The van der Waals surface area contributed by atoms with Crippen LogP contribution in [0, 0.1) is 0 Å². The molecule has 2 aromatic heterocycles. The summed E-state index contributed by atoms with van der Waals surface area (Å²) in [6.45, 7) is 3.33. The van der Waals surface area contributed by atoms with Crippen LogP contribution in [0.5, 0.6) is 0 Å². The summed E-state index contributed by atoms with van der Waals surface area (Å²) in [7, 11) is 1.74. The molecule has 24 heavy (non-hydrogen) atoms. The quantitative estimate of drug-likeness (QED) is 0.787. The van der Waals surface area contributed by atoms with Crippen molar-refractivity contribution >= 4 is 23.2 Å². The highest BCUT2D eigenvalue weighted by molar-refractivity contribution is 7.10. The van der Waals surface area contributed by atoms with Crippen molar-refractivity contribution in [3.8, 4) is 0 Å². The molecule has 2 aromatic rings. The minimum absolute atomic E-state index is 0.0117. The molecule has 0 aromatic carbocycles. The first-order chi connectivity index (χ1) is 11.5. The second-order valence-electron chi connectivity index (χ2n) is 5.99. The number of thiophene rings is 1. The zero-order valence-electron chi connectivity index (χ0n) is 13.8. The Morgan fingerprint density at radius 2 is 2.25 bits per heavy atom. The number of likely N-dealkylation sites (tertiary alicyclic amines) is 1. The average molecular weight is 348 g/mol. The van der Waals surface area contributed by atoms with Crippen molar-refractivity contribution < 1.29 is 14.1 Å². The predicted octanol–water partition coefficient (Wildman–Crippen LogP) is 1.32. The van der Waals surface area contributed by atoms with E-state index in [-0.39, 0.29) is 17.7 Å². The van der Waals surface area contributed by atoms with Gasteiger partial charge in [-0.25, -0.2) is 0 Å². The maximum Gasteiger partial charge on any atom is 0.233 e. The van der Waals surface area contributed by atoms with Gasteiger partial charge in [0.05, 0.1) is 12.3 Å². The Morgan fingerprint density at radius 1 is 1.46 bits per heavy atom. The van der Waals surface area contributed by atoms with Crippen molar-refractivity contribution in [1.29, 1.82) is 0 Å². The lowest BCUT2D eigenvalue weighted by molar-refractivity contribution is -0.135. The summed E-state index contributed by atoms with van der Waals surface area (Å²) in [5.41, 5.74) is 0. The highest BCUT2D eigenvalue weighted by Gasteiger charge is 2.35. The van der Waals surface area contributed by atoms with E-state index in [0.717, 1.165) is 4.88 Å². The van der Waals surface area contributed by atoms with Gasteiger partial charge in [-0.2, -0.15) is 4.98 Å². The third-order valence-corrected chi connectivity index (χ3v) is 5.06. The number of rotatable bonds is 6. The molecule has 0 radical (unpaired) electrons. The first-order valence-corrected chi connectivity index (χ1v) is 8.75. The lowest BCUT2D eigenvalue weighted by Crippen LogP contribution is -2.49. The van der Waals surface area contributed by atoms with Crippen molar-refractivity contribution in [3.63, 3.8) is 0 Å². The predicted molar refractivity (Wildman–Crippen MR) is 88.7 cm³/mol. The number of amides is 2. The van der Waals surface area contributed by atoms with E-state index in [4.69, 9.17) is 4.52 Å². The second kappa shape index (κ2) is 7.12. The lowest BCUT2D eigenvalue weighted by Gasteiger charge is -2.37. The van der Waals surface area contributed by atoms with E-state index in [9.17, 15) is 9.59 Å². The molecule has 8 heteroatoms. The number of hydrogen-bond donors (Lipinski definition) is 0. The van der Waals surface area contributed by atoms with Crippen LogP contribution in [0.25, 0.3) is 0 Å². The first-order valence-electron chi connectivity index (χ1n) is 7.87. The Bertz CT molecular complexity index is 707. The maximum absolute atomic E-state index is 12.1. The molecular weight excluding hydrogens is 328 g/mol. The topological polar surface area (TPSA) is 79.5 Å². The highest BCUT2D eigenvalue weighted by Crippen LogP contribution is 2.26. The van der Waals surface area contributed by atoms with Crippen molar-refractivity contribution in [2.75, 3.05) is 26.7 Å². The summed E-state index contributed by atoms with van der Waals surface area (Å²) in [4.78, 5) is 32.2. The van der Waals surface area contributed by atoms with Crippen molar-refractivity contribution in [2.24, 2.45) is 0 Å².